The molecule has 1 spiro atoms. The summed E-state index contributed by atoms with van der Waals surface area (Å²) in [6, 6.07) is 9.84. The fourth-order valence-corrected chi connectivity index (χ4v) is 3.57. The summed E-state index contributed by atoms with van der Waals surface area (Å²) in [7, 11) is 0. The average molecular weight is 326 g/mol. The van der Waals surface area contributed by atoms with E-state index in [-0.39, 0.29) is 11.4 Å². The van der Waals surface area contributed by atoms with Crippen LogP contribution in [0.15, 0.2) is 36.5 Å². The van der Waals surface area contributed by atoms with Gasteiger partial charge in [-0.1, -0.05) is 18.2 Å². The van der Waals surface area contributed by atoms with E-state index >= 15 is 0 Å². The first-order chi connectivity index (χ1) is 11.7. The molecule has 24 heavy (non-hydrogen) atoms. The molecule has 2 aliphatic heterocycles. The van der Waals surface area contributed by atoms with E-state index in [1.807, 2.05) is 48.4 Å². The summed E-state index contributed by atoms with van der Waals surface area (Å²) < 4.78 is 7.32. The SMILES string of the molecule is Cc1nn(-c2ccccc2)cc1NC(=O)N1CCC2(CCOC2)C1. The van der Waals surface area contributed by atoms with Crippen LogP contribution < -0.4 is 5.32 Å². The van der Waals surface area contributed by atoms with Crippen molar-refractivity contribution in [2.24, 2.45) is 5.41 Å². The second-order valence-electron chi connectivity index (χ2n) is 6.81. The number of carbonyl (C=O) groups excluding carboxylic acids is 1. The molecule has 6 nitrogen and oxygen atoms in total. The standard InChI is InChI=1S/C18H22N4O2/c1-14-16(11-22(20-14)15-5-3-2-4-6-15)19-17(23)21-9-7-18(12-21)8-10-24-13-18/h2-6,11H,7-10,12-13H2,1H3,(H,19,23). The van der Waals surface area contributed by atoms with Crippen molar-refractivity contribution in [3.8, 4) is 5.69 Å². The first-order valence-corrected chi connectivity index (χ1v) is 8.41. The fraction of sp³-hybridized carbons (Fsp3) is 0.444. The van der Waals surface area contributed by atoms with Crippen LogP contribution in [0, 0.1) is 12.3 Å². The summed E-state index contributed by atoms with van der Waals surface area (Å²) in [6.45, 7) is 5.08. The largest absolute Gasteiger partial charge is 0.381 e. The van der Waals surface area contributed by atoms with Crippen LogP contribution in [0.3, 0.4) is 0 Å². The van der Waals surface area contributed by atoms with Gasteiger partial charge in [0.25, 0.3) is 0 Å². The Bertz CT molecular complexity index is 735. The Labute approximate surface area is 141 Å². The van der Waals surface area contributed by atoms with Crippen LogP contribution in [0.25, 0.3) is 5.69 Å². The molecule has 2 fully saturated rings. The highest BCUT2D eigenvalue weighted by atomic mass is 16.5. The summed E-state index contributed by atoms with van der Waals surface area (Å²) in [5, 5.41) is 7.51. The molecule has 1 unspecified atom stereocenters. The third kappa shape index (κ3) is 2.78. The zero-order chi connectivity index (χ0) is 16.6. The number of aromatic nitrogens is 2. The van der Waals surface area contributed by atoms with Crippen LogP contribution in [0.5, 0.6) is 0 Å². The van der Waals surface area contributed by atoms with Crippen molar-refractivity contribution in [1.29, 1.82) is 0 Å². The molecule has 1 aromatic heterocycles. The summed E-state index contributed by atoms with van der Waals surface area (Å²) in [6.07, 6.45) is 3.96. The van der Waals surface area contributed by atoms with Crippen LogP contribution in [-0.2, 0) is 4.74 Å². The third-order valence-electron chi connectivity index (χ3n) is 5.07. The number of nitrogens with zero attached hydrogens (tertiary/aromatic N) is 3. The number of amides is 2. The van der Waals surface area contributed by atoms with E-state index in [4.69, 9.17) is 4.74 Å². The lowest BCUT2D eigenvalue weighted by atomic mass is 9.87. The zero-order valence-electron chi connectivity index (χ0n) is 13.9. The van der Waals surface area contributed by atoms with Crippen molar-refractivity contribution in [3.63, 3.8) is 0 Å². The minimum Gasteiger partial charge on any atom is -0.381 e. The number of likely N-dealkylation sites (tertiary alicyclic amines) is 1. The van der Waals surface area contributed by atoms with E-state index in [2.05, 4.69) is 10.4 Å². The molecular weight excluding hydrogens is 304 g/mol. The van der Waals surface area contributed by atoms with Gasteiger partial charge in [0.05, 0.1) is 29.9 Å². The minimum absolute atomic E-state index is 0.0468. The Kier molecular flexibility index (Phi) is 3.76. The predicted molar refractivity (Wildman–Crippen MR) is 91.4 cm³/mol. The highest BCUT2D eigenvalue weighted by molar-refractivity contribution is 5.90. The molecule has 2 amide bonds. The van der Waals surface area contributed by atoms with Gasteiger partial charge in [-0.15, -0.1) is 0 Å². The Morgan fingerprint density at radius 1 is 1.29 bits per heavy atom. The number of aryl methyl sites for hydroxylation is 1. The maximum atomic E-state index is 12.6. The van der Waals surface area contributed by atoms with Crippen molar-refractivity contribution in [3.05, 3.63) is 42.2 Å². The third-order valence-corrected chi connectivity index (χ3v) is 5.07. The molecule has 0 saturated carbocycles. The van der Waals surface area contributed by atoms with Gasteiger partial charge in [-0.25, -0.2) is 9.48 Å². The molecule has 4 rings (SSSR count). The lowest BCUT2D eigenvalue weighted by molar-refractivity contribution is 0.154. The van der Waals surface area contributed by atoms with Gasteiger partial charge in [0.2, 0.25) is 0 Å². The Hall–Kier alpha value is -2.34. The normalized spacial score (nSPS) is 23.1. The number of anilines is 1. The van der Waals surface area contributed by atoms with E-state index in [1.54, 1.807) is 4.68 Å². The Morgan fingerprint density at radius 2 is 2.12 bits per heavy atom. The van der Waals surface area contributed by atoms with Crippen LogP contribution in [0.4, 0.5) is 10.5 Å². The van der Waals surface area contributed by atoms with Crippen molar-refractivity contribution in [1.82, 2.24) is 14.7 Å². The molecule has 1 N–H and O–H groups in total. The molecule has 0 aliphatic carbocycles. The summed E-state index contributed by atoms with van der Waals surface area (Å²) in [5.41, 5.74) is 2.72. The first-order valence-electron chi connectivity index (χ1n) is 8.41. The topological polar surface area (TPSA) is 59.4 Å². The quantitative estimate of drug-likeness (QED) is 0.923. The number of para-hydroxylation sites is 1. The molecule has 2 saturated heterocycles. The number of rotatable bonds is 2. The highest BCUT2D eigenvalue weighted by Crippen LogP contribution is 2.38. The van der Waals surface area contributed by atoms with Gasteiger partial charge < -0.3 is 15.0 Å². The number of ether oxygens (including phenoxy) is 1. The van der Waals surface area contributed by atoms with Gasteiger partial charge >= 0.3 is 6.03 Å². The summed E-state index contributed by atoms with van der Waals surface area (Å²) in [4.78, 5) is 14.5. The van der Waals surface area contributed by atoms with E-state index in [0.29, 0.717) is 0 Å². The number of carbonyl (C=O) groups is 1. The van der Waals surface area contributed by atoms with Crippen LogP contribution >= 0.6 is 0 Å². The molecule has 126 valence electrons. The highest BCUT2D eigenvalue weighted by Gasteiger charge is 2.42. The molecule has 0 bridgehead atoms. The van der Waals surface area contributed by atoms with Gasteiger partial charge in [-0.3, -0.25) is 0 Å². The van der Waals surface area contributed by atoms with Gasteiger partial charge in [0.15, 0.2) is 0 Å². The molecule has 1 atom stereocenters. The van der Waals surface area contributed by atoms with Gasteiger partial charge in [0, 0.05) is 25.1 Å². The van der Waals surface area contributed by atoms with Crippen LogP contribution in [-0.4, -0.2) is 47.0 Å². The second-order valence-corrected chi connectivity index (χ2v) is 6.81. The Balaban J connectivity index is 1.46. The molecule has 1 aromatic carbocycles. The summed E-state index contributed by atoms with van der Waals surface area (Å²) in [5.74, 6) is 0. The van der Waals surface area contributed by atoms with Crippen molar-refractivity contribution < 1.29 is 9.53 Å². The zero-order valence-corrected chi connectivity index (χ0v) is 13.9. The lowest BCUT2D eigenvalue weighted by Crippen LogP contribution is -2.35. The van der Waals surface area contributed by atoms with Crippen LogP contribution in [0.1, 0.15) is 18.5 Å². The molecule has 6 heteroatoms. The minimum atomic E-state index is -0.0468. The molecule has 2 aliphatic rings. The number of benzene rings is 1. The van der Waals surface area contributed by atoms with E-state index in [1.165, 1.54) is 0 Å². The molecular formula is C18H22N4O2. The smallest absolute Gasteiger partial charge is 0.321 e. The van der Waals surface area contributed by atoms with Crippen molar-refractivity contribution >= 4 is 11.7 Å². The fourth-order valence-electron chi connectivity index (χ4n) is 3.57. The Morgan fingerprint density at radius 3 is 2.88 bits per heavy atom. The molecule has 2 aromatic rings. The second kappa shape index (κ2) is 5.94. The van der Waals surface area contributed by atoms with Crippen LogP contribution in [0.2, 0.25) is 0 Å². The lowest BCUT2D eigenvalue weighted by Gasteiger charge is -2.22. The van der Waals surface area contributed by atoms with Crippen molar-refractivity contribution in [2.45, 2.75) is 19.8 Å². The number of hydrogen-bond donors (Lipinski definition) is 1. The van der Waals surface area contributed by atoms with Gasteiger partial charge in [0.1, 0.15) is 0 Å². The van der Waals surface area contributed by atoms with Crippen molar-refractivity contribution in [2.75, 3.05) is 31.6 Å². The number of nitrogens with one attached hydrogen (secondary N) is 1. The maximum Gasteiger partial charge on any atom is 0.321 e. The summed E-state index contributed by atoms with van der Waals surface area (Å²) >= 11 is 0. The van der Waals surface area contributed by atoms with Gasteiger partial charge in [-0.2, -0.15) is 5.10 Å². The first kappa shape index (κ1) is 15.2. The number of urea groups is 1. The average Bonchev–Trinajstić information content (AvgIpc) is 3.32. The van der Waals surface area contributed by atoms with Gasteiger partial charge in [-0.05, 0) is 31.9 Å². The van der Waals surface area contributed by atoms with E-state index in [0.717, 1.165) is 56.2 Å². The monoisotopic (exact) mass is 326 g/mol. The van der Waals surface area contributed by atoms with E-state index < -0.39 is 0 Å². The van der Waals surface area contributed by atoms with E-state index in [9.17, 15) is 4.79 Å². The maximum absolute atomic E-state index is 12.6. The predicted octanol–water partition coefficient (Wildman–Crippen LogP) is 2.83. The number of hydrogen-bond acceptors (Lipinski definition) is 3. The molecule has 3 heterocycles. The molecule has 0 radical (unpaired) electrons.